The Kier molecular flexibility index (Phi) is 5.29. The summed E-state index contributed by atoms with van der Waals surface area (Å²) in [6.45, 7) is 0.345. The lowest BCUT2D eigenvalue weighted by Gasteiger charge is -2.11. The summed E-state index contributed by atoms with van der Waals surface area (Å²) in [7, 11) is -2.04. The molecule has 1 unspecified atom stereocenters. The van der Waals surface area contributed by atoms with Gasteiger partial charge in [-0.25, -0.2) is 13.1 Å². The Morgan fingerprint density at radius 1 is 1.15 bits per heavy atom. The molecule has 0 bridgehead atoms. The van der Waals surface area contributed by atoms with Gasteiger partial charge in [0.25, 0.3) is 0 Å². The van der Waals surface area contributed by atoms with E-state index in [1.54, 1.807) is 12.1 Å². The van der Waals surface area contributed by atoms with Gasteiger partial charge in [0, 0.05) is 6.54 Å². The fraction of sp³-hybridized carbons (Fsp3) is 0.316. The van der Waals surface area contributed by atoms with Crippen LogP contribution in [0.25, 0.3) is 0 Å². The molecule has 2 aromatic rings. The average molecular weight is 375 g/mol. The number of fused-ring (bicyclic) bond motifs is 1. The summed E-state index contributed by atoms with van der Waals surface area (Å²) in [6.07, 6.45) is 1.53. The quantitative estimate of drug-likeness (QED) is 0.772. The zero-order valence-electron chi connectivity index (χ0n) is 14.4. The summed E-state index contributed by atoms with van der Waals surface area (Å²) in [5.74, 6) is -0.0859. The van der Waals surface area contributed by atoms with Crippen molar-refractivity contribution in [2.45, 2.75) is 24.2 Å². The van der Waals surface area contributed by atoms with Crippen LogP contribution in [0.4, 0.5) is 0 Å². The van der Waals surface area contributed by atoms with Crippen LogP contribution >= 0.6 is 0 Å². The molecule has 138 valence electrons. The minimum Gasteiger partial charge on any atom is -0.497 e. The molecule has 1 atom stereocenters. The molecule has 0 radical (unpaired) electrons. The summed E-state index contributed by atoms with van der Waals surface area (Å²) in [4.78, 5) is 11.0. The topological polar surface area (TPSA) is 92.7 Å². The molecule has 0 fully saturated rings. The number of ether oxygens (including phenoxy) is 1. The van der Waals surface area contributed by atoms with Crippen molar-refractivity contribution in [3.05, 3.63) is 59.2 Å². The summed E-state index contributed by atoms with van der Waals surface area (Å²) >= 11 is 0. The number of nitrogens with one attached hydrogen (secondary N) is 1. The van der Waals surface area contributed by atoms with Crippen molar-refractivity contribution in [3.8, 4) is 5.75 Å². The van der Waals surface area contributed by atoms with Crippen LogP contribution in [0, 0.1) is 5.92 Å². The van der Waals surface area contributed by atoms with E-state index in [4.69, 9.17) is 9.84 Å². The molecule has 0 heterocycles. The third kappa shape index (κ3) is 4.23. The predicted molar refractivity (Wildman–Crippen MR) is 96.9 cm³/mol. The Hall–Kier alpha value is -2.38. The molecule has 0 amide bonds. The predicted octanol–water partition coefficient (Wildman–Crippen LogP) is 2.02. The average Bonchev–Trinajstić information content (AvgIpc) is 3.02. The second-order valence-electron chi connectivity index (χ2n) is 6.48. The van der Waals surface area contributed by atoms with Crippen LogP contribution in [0.5, 0.6) is 5.75 Å². The van der Waals surface area contributed by atoms with Crippen LogP contribution in [0.2, 0.25) is 0 Å². The zero-order valence-corrected chi connectivity index (χ0v) is 15.3. The first-order chi connectivity index (χ1) is 12.4. The van der Waals surface area contributed by atoms with Gasteiger partial charge in [-0.3, -0.25) is 4.79 Å². The van der Waals surface area contributed by atoms with Gasteiger partial charge in [-0.15, -0.1) is 0 Å². The van der Waals surface area contributed by atoms with Crippen LogP contribution in [0.3, 0.4) is 0 Å². The lowest BCUT2D eigenvalue weighted by atomic mass is 10.0. The van der Waals surface area contributed by atoms with Crippen LogP contribution in [-0.4, -0.2) is 33.1 Å². The van der Waals surface area contributed by atoms with Gasteiger partial charge in [0.15, 0.2) is 0 Å². The van der Waals surface area contributed by atoms with E-state index in [1.165, 1.54) is 19.2 Å². The second-order valence-corrected chi connectivity index (χ2v) is 8.24. The maximum Gasteiger partial charge on any atom is 0.307 e. The van der Waals surface area contributed by atoms with Crippen molar-refractivity contribution in [2.24, 2.45) is 5.92 Å². The fourth-order valence-electron chi connectivity index (χ4n) is 3.26. The van der Waals surface area contributed by atoms with Gasteiger partial charge in [-0.1, -0.05) is 18.2 Å². The van der Waals surface area contributed by atoms with Crippen molar-refractivity contribution < 1.29 is 23.1 Å². The Labute approximate surface area is 152 Å². The highest BCUT2D eigenvalue weighted by Gasteiger charge is 2.24. The van der Waals surface area contributed by atoms with Crippen molar-refractivity contribution in [2.75, 3.05) is 13.7 Å². The molecular weight excluding hydrogens is 354 g/mol. The highest BCUT2D eigenvalue weighted by molar-refractivity contribution is 7.89. The molecule has 6 nitrogen and oxygen atoms in total. The van der Waals surface area contributed by atoms with E-state index in [-0.39, 0.29) is 17.2 Å². The number of hydrogen-bond donors (Lipinski definition) is 2. The molecule has 0 saturated carbocycles. The monoisotopic (exact) mass is 375 g/mol. The van der Waals surface area contributed by atoms with Gasteiger partial charge in [0.2, 0.25) is 10.0 Å². The smallest absolute Gasteiger partial charge is 0.307 e. The molecule has 0 spiro atoms. The molecule has 1 aliphatic rings. The Bertz CT molecular complexity index is 906. The molecule has 0 aromatic heterocycles. The lowest BCUT2D eigenvalue weighted by molar-refractivity contribution is -0.136. The number of aliphatic carboxylic acids is 1. The van der Waals surface area contributed by atoms with E-state index < -0.39 is 16.0 Å². The maximum absolute atomic E-state index is 12.4. The first-order valence-corrected chi connectivity index (χ1v) is 9.82. The number of sulfonamides is 1. The molecular formula is C19H21NO5S. The molecule has 0 aliphatic heterocycles. The number of methoxy groups -OCH3 is 1. The van der Waals surface area contributed by atoms with Gasteiger partial charge in [0.05, 0.1) is 18.4 Å². The third-order valence-corrected chi connectivity index (χ3v) is 6.01. The molecule has 0 saturated heterocycles. The highest BCUT2D eigenvalue weighted by atomic mass is 32.2. The third-order valence-electron chi connectivity index (χ3n) is 4.57. The van der Waals surface area contributed by atoms with E-state index >= 15 is 0 Å². The summed E-state index contributed by atoms with van der Waals surface area (Å²) in [6, 6.07) is 12.0. The second kappa shape index (κ2) is 7.47. The number of carboxylic acids is 1. The normalized spacial score (nSPS) is 16.3. The van der Waals surface area contributed by atoms with Gasteiger partial charge >= 0.3 is 5.97 Å². The SMILES string of the molecule is COc1ccc(S(=O)(=O)NCC2Cc3ccc(CC(=O)O)cc3C2)cc1. The van der Waals surface area contributed by atoms with E-state index in [2.05, 4.69) is 4.72 Å². The number of carboxylic acid groups (broad SMARTS) is 1. The number of hydrogen-bond acceptors (Lipinski definition) is 4. The summed E-state index contributed by atoms with van der Waals surface area (Å²) in [5, 5.41) is 8.90. The van der Waals surface area contributed by atoms with Crippen LogP contribution in [0.1, 0.15) is 16.7 Å². The van der Waals surface area contributed by atoms with Crippen LogP contribution in [-0.2, 0) is 34.1 Å². The maximum atomic E-state index is 12.4. The van der Waals surface area contributed by atoms with E-state index in [1.807, 2.05) is 18.2 Å². The van der Waals surface area contributed by atoms with Crippen molar-refractivity contribution in [3.63, 3.8) is 0 Å². The molecule has 7 heteroatoms. The molecule has 2 aromatic carbocycles. The van der Waals surface area contributed by atoms with Crippen molar-refractivity contribution in [1.82, 2.24) is 4.72 Å². The number of carbonyl (C=O) groups is 1. The summed E-state index contributed by atoms with van der Waals surface area (Å²) in [5.41, 5.74) is 3.04. The van der Waals surface area contributed by atoms with Crippen LogP contribution in [0.15, 0.2) is 47.4 Å². The Morgan fingerprint density at radius 3 is 2.50 bits per heavy atom. The van der Waals surface area contributed by atoms with Crippen molar-refractivity contribution in [1.29, 1.82) is 0 Å². The Balaban J connectivity index is 1.62. The first-order valence-electron chi connectivity index (χ1n) is 8.33. The standard InChI is InChI=1S/C19H21NO5S/c1-25-17-4-6-18(7-5-17)26(23,24)20-12-14-9-15-3-2-13(11-19(21)22)8-16(15)10-14/h2-8,14,20H,9-12H2,1H3,(H,21,22). The fourth-order valence-corrected chi connectivity index (χ4v) is 4.37. The molecule has 3 rings (SSSR count). The van der Waals surface area contributed by atoms with Crippen LogP contribution < -0.4 is 9.46 Å². The molecule has 26 heavy (non-hydrogen) atoms. The highest BCUT2D eigenvalue weighted by Crippen LogP contribution is 2.28. The lowest BCUT2D eigenvalue weighted by Crippen LogP contribution is -2.29. The molecule has 2 N–H and O–H groups in total. The largest absolute Gasteiger partial charge is 0.497 e. The van der Waals surface area contributed by atoms with E-state index in [9.17, 15) is 13.2 Å². The minimum absolute atomic E-state index is 0.00203. The van der Waals surface area contributed by atoms with Crippen molar-refractivity contribution >= 4 is 16.0 Å². The van der Waals surface area contributed by atoms with E-state index in [0.717, 1.165) is 29.5 Å². The Morgan fingerprint density at radius 2 is 1.85 bits per heavy atom. The van der Waals surface area contributed by atoms with E-state index in [0.29, 0.717) is 12.3 Å². The van der Waals surface area contributed by atoms with Gasteiger partial charge in [-0.2, -0.15) is 0 Å². The van der Waals surface area contributed by atoms with Gasteiger partial charge in [0.1, 0.15) is 5.75 Å². The van der Waals surface area contributed by atoms with Gasteiger partial charge in [-0.05, 0) is 59.7 Å². The minimum atomic E-state index is -3.57. The number of rotatable bonds is 7. The zero-order chi connectivity index (χ0) is 18.7. The number of benzene rings is 2. The van der Waals surface area contributed by atoms with Gasteiger partial charge < -0.3 is 9.84 Å². The molecule has 1 aliphatic carbocycles. The first kappa shape index (κ1) is 18.4. The summed E-state index contributed by atoms with van der Waals surface area (Å²) < 4.78 is 32.6.